The van der Waals surface area contributed by atoms with Gasteiger partial charge < -0.3 is 8.85 Å². The summed E-state index contributed by atoms with van der Waals surface area (Å²) in [4.78, 5) is 0. The first-order valence-electron chi connectivity index (χ1n) is 4.93. The van der Waals surface area contributed by atoms with Crippen LogP contribution in [0.15, 0.2) is 0 Å². The van der Waals surface area contributed by atoms with Crippen molar-refractivity contribution in [3.63, 3.8) is 0 Å². The summed E-state index contributed by atoms with van der Waals surface area (Å²) < 4.78 is 11.2. The van der Waals surface area contributed by atoms with Gasteiger partial charge in [-0.1, -0.05) is 0 Å². The molecule has 12 heavy (non-hydrogen) atoms. The molecule has 74 valence electrons. The van der Waals surface area contributed by atoms with Gasteiger partial charge in [0.15, 0.2) is 18.1 Å². The van der Waals surface area contributed by atoms with E-state index < -0.39 is 18.1 Å². The molecule has 0 aromatic rings. The maximum absolute atomic E-state index is 5.58. The van der Waals surface area contributed by atoms with E-state index in [1.54, 1.807) is 0 Å². The molecule has 0 aliphatic carbocycles. The van der Waals surface area contributed by atoms with Crippen molar-refractivity contribution in [1.29, 1.82) is 0 Å². The second kappa shape index (κ2) is 7.98. The zero-order chi connectivity index (χ0) is 9.40. The van der Waals surface area contributed by atoms with Crippen molar-refractivity contribution in [2.45, 2.75) is 39.0 Å². The molecule has 0 bridgehead atoms. The Kier molecular flexibility index (Phi) is 8.21. The first-order chi connectivity index (χ1) is 5.70. The lowest BCUT2D eigenvalue weighted by molar-refractivity contribution is 0.338. The molecule has 0 saturated heterocycles. The zero-order valence-corrected chi connectivity index (χ0v) is 11.1. The molecule has 2 nitrogen and oxygen atoms in total. The van der Waals surface area contributed by atoms with Gasteiger partial charge in [0, 0.05) is 13.2 Å². The molecule has 0 radical (unpaired) electrons. The van der Waals surface area contributed by atoms with Crippen molar-refractivity contribution in [2.75, 3.05) is 13.2 Å². The predicted molar refractivity (Wildman–Crippen MR) is 58.9 cm³/mol. The van der Waals surface area contributed by atoms with E-state index in [4.69, 9.17) is 8.85 Å². The average Bonchev–Trinajstić information content (AvgIpc) is 2.02. The Morgan fingerprint density at radius 3 is 1.42 bits per heavy atom. The summed E-state index contributed by atoms with van der Waals surface area (Å²) in [5.41, 5.74) is 0. The van der Waals surface area contributed by atoms with Crippen LogP contribution in [0.1, 0.15) is 13.8 Å². The molecule has 0 aliphatic rings. The van der Waals surface area contributed by atoms with Crippen LogP contribution in [-0.2, 0) is 8.85 Å². The maximum Gasteiger partial charge on any atom is 0.173 e. The van der Waals surface area contributed by atoms with Gasteiger partial charge in [-0.2, -0.15) is 0 Å². The Labute approximate surface area is 79.7 Å². The summed E-state index contributed by atoms with van der Waals surface area (Å²) >= 11 is 0. The molecule has 0 aromatic carbocycles. The van der Waals surface area contributed by atoms with Gasteiger partial charge in [0.05, 0.1) is 0 Å². The predicted octanol–water partition coefficient (Wildman–Crippen LogP) is 1.77. The average molecular weight is 206 g/mol. The Balaban J connectivity index is 3.27. The highest BCUT2D eigenvalue weighted by atomic mass is 28.3. The van der Waals surface area contributed by atoms with Gasteiger partial charge >= 0.3 is 0 Å². The first kappa shape index (κ1) is 12.4. The molecule has 4 heteroatoms. The molecule has 0 aromatic heterocycles. The minimum atomic E-state index is -0.829. The van der Waals surface area contributed by atoms with Crippen LogP contribution < -0.4 is 0 Å². The fourth-order valence-electron chi connectivity index (χ4n) is 1.21. The quantitative estimate of drug-likeness (QED) is 0.591. The highest BCUT2D eigenvalue weighted by molar-refractivity contribution is 6.56. The maximum atomic E-state index is 5.58. The molecule has 0 amide bonds. The SMILES string of the molecule is CCO[SiH](C)CC[SiH](C)OCC. The lowest BCUT2D eigenvalue weighted by atomic mass is 10.9. The molecule has 2 unspecified atom stereocenters. The lowest BCUT2D eigenvalue weighted by Crippen LogP contribution is -2.19. The van der Waals surface area contributed by atoms with Gasteiger partial charge in [0.25, 0.3) is 0 Å². The van der Waals surface area contributed by atoms with Crippen molar-refractivity contribution < 1.29 is 8.85 Å². The van der Waals surface area contributed by atoms with E-state index in [9.17, 15) is 0 Å². The summed E-state index contributed by atoms with van der Waals surface area (Å²) in [6.07, 6.45) is 0. The van der Waals surface area contributed by atoms with Crippen molar-refractivity contribution >= 4 is 18.1 Å². The Hall–Kier alpha value is 0.354. The van der Waals surface area contributed by atoms with Crippen molar-refractivity contribution in [1.82, 2.24) is 0 Å². The summed E-state index contributed by atoms with van der Waals surface area (Å²) in [7, 11) is -1.66. The van der Waals surface area contributed by atoms with Gasteiger partial charge in [-0.25, -0.2) is 0 Å². The number of hydrogen-bond acceptors (Lipinski definition) is 2. The fraction of sp³-hybridized carbons (Fsp3) is 1.00. The van der Waals surface area contributed by atoms with Gasteiger partial charge in [-0.05, 0) is 39.0 Å². The van der Waals surface area contributed by atoms with Crippen LogP contribution in [0.5, 0.6) is 0 Å². The highest BCUT2D eigenvalue weighted by Crippen LogP contribution is 2.04. The van der Waals surface area contributed by atoms with Crippen LogP contribution in [0.4, 0.5) is 0 Å². The standard InChI is InChI=1S/C8H22O2Si2/c1-5-9-11(3)7-8-12(4)10-6-2/h11-12H,5-8H2,1-4H3. The molecule has 0 saturated carbocycles. The third-order valence-electron chi connectivity index (χ3n) is 1.88. The van der Waals surface area contributed by atoms with Gasteiger partial charge in [-0.15, -0.1) is 0 Å². The Morgan fingerprint density at radius 2 is 1.17 bits per heavy atom. The van der Waals surface area contributed by atoms with E-state index in [2.05, 4.69) is 26.9 Å². The van der Waals surface area contributed by atoms with Gasteiger partial charge in [0.2, 0.25) is 0 Å². The topological polar surface area (TPSA) is 18.5 Å². The minimum absolute atomic E-state index is 0.829. The van der Waals surface area contributed by atoms with E-state index >= 15 is 0 Å². The summed E-state index contributed by atoms with van der Waals surface area (Å²) in [6, 6.07) is 2.59. The fourth-order valence-corrected chi connectivity index (χ4v) is 6.43. The van der Waals surface area contributed by atoms with E-state index in [1.807, 2.05) is 0 Å². The van der Waals surface area contributed by atoms with Crippen LogP contribution in [0.3, 0.4) is 0 Å². The van der Waals surface area contributed by atoms with E-state index in [0.717, 1.165) is 13.2 Å². The summed E-state index contributed by atoms with van der Waals surface area (Å²) in [5, 5.41) is 0. The molecular weight excluding hydrogens is 184 g/mol. The highest BCUT2D eigenvalue weighted by Gasteiger charge is 2.08. The van der Waals surface area contributed by atoms with Gasteiger partial charge in [-0.3, -0.25) is 0 Å². The second-order valence-corrected chi connectivity index (χ2v) is 8.17. The van der Waals surface area contributed by atoms with Crippen LogP contribution in [0.25, 0.3) is 0 Å². The molecule has 0 spiro atoms. The molecule has 0 N–H and O–H groups in total. The third-order valence-corrected chi connectivity index (χ3v) is 6.65. The molecule has 0 heterocycles. The minimum Gasteiger partial charge on any atom is -0.421 e. The third kappa shape index (κ3) is 7.03. The van der Waals surface area contributed by atoms with E-state index in [0.29, 0.717) is 0 Å². The van der Waals surface area contributed by atoms with Crippen molar-refractivity contribution in [3.05, 3.63) is 0 Å². The Morgan fingerprint density at radius 1 is 0.833 bits per heavy atom. The summed E-state index contributed by atoms with van der Waals surface area (Å²) in [6.45, 7) is 10.5. The Bertz CT molecular complexity index is 89.1. The number of hydrogen-bond donors (Lipinski definition) is 0. The lowest BCUT2D eigenvalue weighted by Gasteiger charge is -2.13. The molecule has 0 rings (SSSR count). The molecule has 0 aliphatic heterocycles. The molecule has 0 fully saturated rings. The summed E-state index contributed by atoms with van der Waals surface area (Å²) in [5.74, 6) is 0. The van der Waals surface area contributed by atoms with Crippen molar-refractivity contribution in [3.8, 4) is 0 Å². The zero-order valence-electron chi connectivity index (χ0n) is 8.80. The van der Waals surface area contributed by atoms with Crippen LogP contribution in [-0.4, -0.2) is 31.3 Å². The van der Waals surface area contributed by atoms with Crippen LogP contribution in [0, 0.1) is 0 Å². The second-order valence-electron chi connectivity index (χ2n) is 3.11. The normalized spacial score (nSPS) is 16.0. The molecule has 2 atom stereocenters. The van der Waals surface area contributed by atoms with Gasteiger partial charge in [0.1, 0.15) is 0 Å². The number of rotatable bonds is 7. The van der Waals surface area contributed by atoms with Crippen LogP contribution >= 0.6 is 0 Å². The smallest absolute Gasteiger partial charge is 0.173 e. The monoisotopic (exact) mass is 206 g/mol. The van der Waals surface area contributed by atoms with Crippen LogP contribution in [0.2, 0.25) is 25.2 Å². The van der Waals surface area contributed by atoms with E-state index in [-0.39, 0.29) is 0 Å². The largest absolute Gasteiger partial charge is 0.421 e. The van der Waals surface area contributed by atoms with Crippen molar-refractivity contribution in [2.24, 2.45) is 0 Å². The first-order valence-corrected chi connectivity index (χ1v) is 9.82. The molecular formula is C8H22O2Si2. The van der Waals surface area contributed by atoms with E-state index in [1.165, 1.54) is 12.1 Å².